The van der Waals surface area contributed by atoms with E-state index in [2.05, 4.69) is 15.5 Å². The molecule has 0 radical (unpaired) electrons. The highest BCUT2D eigenvalue weighted by molar-refractivity contribution is 8.00. The molecule has 0 aliphatic rings. The van der Waals surface area contributed by atoms with Gasteiger partial charge < -0.3 is 5.32 Å². The number of hydrogen-bond acceptors (Lipinski definition) is 4. The van der Waals surface area contributed by atoms with E-state index in [0.717, 1.165) is 22.5 Å². The number of para-hydroxylation sites is 1. The predicted octanol–water partition coefficient (Wildman–Crippen LogP) is 3.47. The molecule has 0 saturated heterocycles. The van der Waals surface area contributed by atoms with Crippen LogP contribution in [0.25, 0.3) is 5.65 Å². The van der Waals surface area contributed by atoms with Crippen LogP contribution in [0, 0.1) is 13.8 Å². The van der Waals surface area contributed by atoms with Crippen molar-refractivity contribution in [1.29, 1.82) is 0 Å². The molecule has 1 N–H and O–H groups in total. The average Bonchev–Trinajstić information content (AvgIpc) is 2.94. The van der Waals surface area contributed by atoms with Crippen LogP contribution in [0.4, 0.5) is 5.69 Å². The Morgan fingerprint density at radius 3 is 2.61 bits per heavy atom. The fourth-order valence-corrected chi connectivity index (χ4v) is 3.19. The predicted molar refractivity (Wildman–Crippen MR) is 92.9 cm³/mol. The average molecular weight is 326 g/mol. The van der Waals surface area contributed by atoms with Gasteiger partial charge in [-0.05, 0) is 44.0 Å². The van der Waals surface area contributed by atoms with E-state index in [1.807, 2.05) is 67.8 Å². The van der Waals surface area contributed by atoms with Gasteiger partial charge in [0, 0.05) is 11.9 Å². The van der Waals surface area contributed by atoms with Crippen molar-refractivity contribution in [1.82, 2.24) is 14.6 Å². The Bertz CT molecular complexity index is 838. The normalized spacial score (nSPS) is 12.3. The third kappa shape index (κ3) is 3.22. The Morgan fingerprint density at radius 2 is 1.87 bits per heavy atom. The smallest absolute Gasteiger partial charge is 0.237 e. The number of aryl methyl sites for hydroxylation is 2. The van der Waals surface area contributed by atoms with Crippen LogP contribution in [0.15, 0.2) is 47.8 Å². The Hall–Kier alpha value is -2.34. The summed E-state index contributed by atoms with van der Waals surface area (Å²) in [6.07, 6.45) is 1.90. The number of thioether (sulfide) groups is 1. The lowest BCUT2D eigenvalue weighted by atomic mass is 10.1. The van der Waals surface area contributed by atoms with Gasteiger partial charge in [-0.1, -0.05) is 36.0 Å². The molecule has 23 heavy (non-hydrogen) atoms. The minimum absolute atomic E-state index is 0.0416. The summed E-state index contributed by atoms with van der Waals surface area (Å²) < 4.78 is 1.88. The van der Waals surface area contributed by atoms with E-state index in [9.17, 15) is 4.79 Å². The maximum Gasteiger partial charge on any atom is 0.237 e. The van der Waals surface area contributed by atoms with Crippen LogP contribution in [0.5, 0.6) is 0 Å². The topological polar surface area (TPSA) is 59.3 Å². The largest absolute Gasteiger partial charge is 0.325 e. The van der Waals surface area contributed by atoms with E-state index in [1.165, 1.54) is 11.8 Å². The van der Waals surface area contributed by atoms with E-state index in [1.54, 1.807) is 0 Å². The second-order valence-electron chi connectivity index (χ2n) is 5.43. The third-order valence-electron chi connectivity index (χ3n) is 3.66. The van der Waals surface area contributed by atoms with Crippen molar-refractivity contribution in [2.45, 2.75) is 31.2 Å². The van der Waals surface area contributed by atoms with Crippen LogP contribution in [0.2, 0.25) is 0 Å². The first-order valence-electron chi connectivity index (χ1n) is 7.40. The summed E-state index contributed by atoms with van der Waals surface area (Å²) in [5.41, 5.74) is 3.78. The number of fused-ring (bicyclic) bond motifs is 1. The van der Waals surface area contributed by atoms with Crippen molar-refractivity contribution >= 4 is 29.0 Å². The molecule has 0 spiro atoms. The summed E-state index contributed by atoms with van der Waals surface area (Å²) in [5.74, 6) is -0.0416. The molecule has 3 rings (SSSR count). The van der Waals surface area contributed by atoms with Crippen LogP contribution < -0.4 is 5.32 Å². The summed E-state index contributed by atoms with van der Waals surface area (Å²) in [6.45, 7) is 5.86. The third-order valence-corrected chi connectivity index (χ3v) is 4.72. The van der Waals surface area contributed by atoms with Crippen molar-refractivity contribution in [2.75, 3.05) is 5.32 Å². The number of amides is 1. The molecule has 0 aliphatic carbocycles. The Labute approximate surface area is 139 Å². The lowest BCUT2D eigenvalue weighted by Crippen LogP contribution is -2.23. The van der Waals surface area contributed by atoms with E-state index in [0.29, 0.717) is 5.16 Å². The first kappa shape index (κ1) is 15.6. The molecule has 118 valence electrons. The minimum atomic E-state index is -0.276. The molecule has 2 heterocycles. The van der Waals surface area contributed by atoms with Gasteiger partial charge in [0.15, 0.2) is 10.8 Å². The second-order valence-corrected chi connectivity index (χ2v) is 6.74. The van der Waals surface area contributed by atoms with Crippen molar-refractivity contribution in [2.24, 2.45) is 0 Å². The molecule has 0 fully saturated rings. The summed E-state index contributed by atoms with van der Waals surface area (Å²) in [5, 5.41) is 11.7. The quantitative estimate of drug-likeness (QED) is 0.746. The van der Waals surface area contributed by atoms with Gasteiger partial charge in [0.1, 0.15) is 0 Å². The van der Waals surface area contributed by atoms with Crippen molar-refractivity contribution in [3.05, 3.63) is 53.7 Å². The molecule has 6 heteroatoms. The SMILES string of the molecule is Cc1cccc(C)c1NC(=O)[C@@H](C)Sc1nnc2ccccn12. The van der Waals surface area contributed by atoms with Crippen LogP contribution in [0.1, 0.15) is 18.1 Å². The second kappa shape index (κ2) is 6.42. The molecule has 1 amide bonds. The molecule has 1 atom stereocenters. The van der Waals surface area contributed by atoms with Gasteiger partial charge in [-0.25, -0.2) is 0 Å². The van der Waals surface area contributed by atoms with Crippen LogP contribution in [0.3, 0.4) is 0 Å². The monoisotopic (exact) mass is 326 g/mol. The van der Waals surface area contributed by atoms with Crippen molar-refractivity contribution in [3.8, 4) is 0 Å². The number of pyridine rings is 1. The van der Waals surface area contributed by atoms with Crippen LogP contribution in [-0.4, -0.2) is 25.8 Å². The molecular formula is C17H18N4OS. The summed E-state index contributed by atoms with van der Waals surface area (Å²) in [4.78, 5) is 12.5. The van der Waals surface area contributed by atoms with Gasteiger partial charge in [0.2, 0.25) is 5.91 Å². The highest BCUT2D eigenvalue weighted by atomic mass is 32.2. The molecule has 3 aromatic rings. The zero-order valence-corrected chi connectivity index (χ0v) is 14.1. The van der Waals surface area contributed by atoms with E-state index >= 15 is 0 Å². The van der Waals surface area contributed by atoms with E-state index in [4.69, 9.17) is 0 Å². The van der Waals surface area contributed by atoms with Crippen LogP contribution in [-0.2, 0) is 4.79 Å². The maximum atomic E-state index is 12.5. The minimum Gasteiger partial charge on any atom is -0.325 e. The molecule has 0 bridgehead atoms. The number of carbonyl (C=O) groups excluding carboxylic acids is 1. The Morgan fingerprint density at radius 1 is 1.13 bits per heavy atom. The molecule has 5 nitrogen and oxygen atoms in total. The molecule has 1 aromatic carbocycles. The van der Waals surface area contributed by atoms with Crippen molar-refractivity contribution in [3.63, 3.8) is 0 Å². The number of benzene rings is 1. The molecule has 0 unspecified atom stereocenters. The van der Waals surface area contributed by atoms with E-state index in [-0.39, 0.29) is 11.2 Å². The fourth-order valence-electron chi connectivity index (χ4n) is 2.35. The highest BCUT2D eigenvalue weighted by Gasteiger charge is 2.19. The number of nitrogens with one attached hydrogen (secondary N) is 1. The Kier molecular flexibility index (Phi) is 4.34. The number of rotatable bonds is 4. The number of nitrogens with zero attached hydrogens (tertiary/aromatic N) is 3. The molecule has 0 saturated carbocycles. The standard InChI is InChI=1S/C17H18N4OS/c1-11-7-6-8-12(2)15(11)18-16(22)13(3)23-17-20-19-14-9-4-5-10-21(14)17/h4-10,13H,1-3H3,(H,18,22)/t13-/m1/s1. The maximum absolute atomic E-state index is 12.5. The number of hydrogen-bond donors (Lipinski definition) is 1. The zero-order valence-electron chi connectivity index (χ0n) is 13.3. The Balaban J connectivity index is 1.75. The summed E-state index contributed by atoms with van der Waals surface area (Å²) in [6, 6.07) is 11.7. The molecule has 0 aliphatic heterocycles. The lowest BCUT2D eigenvalue weighted by Gasteiger charge is -2.14. The fraction of sp³-hybridized carbons (Fsp3) is 0.235. The van der Waals surface area contributed by atoms with E-state index < -0.39 is 0 Å². The van der Waals surface area contributed by atoms with Gasteiger partial charge in [-0.2, -0.15) is 0 Å². The number of aromatic nitrogens is 3. The van der Waals surface area contributed by atoms with Crippen LogP contribution >= 0.6 is 11.8 Å². The zero-order chi connectivity index (χ0) is 16.4. The first-order valence-corrected chi connectivity index (χ1v) is 8.27. The van der Waals surface area contributed by atoms with Gasteiger partial charge in [-0.3, -0.25) is 9.20 Å². The lowest BCUT2D eigenvalue weighted by molar-refractivity contribution is -0.115. The molecule has 2 aromatic heterocycles. The van der Waals surface area contributed by atoms with Gasteiger partial charge >= 0.3 is 0 Å². The first-order chi connectivity index (χ1) is 11.1. The van der Waals surface area contributed by atoms with Gasteiger partial charge in [-0.15, -0.1) is 10.2 Å². The summed E-state index contributed by atoms with van der Waals surface area (Å²) in [7, 11) is 0. The highest BCUT2D eigenvalue weighted by Crippen LogP contribution is 2.25. The summed E-state index contributed by atoms with van der Waals surface area (Å²) >= 11 is 1.40. The van der Waals surface area contributed by atoms with Gasteiger partial charge in [0.25, 0.3) is 0 Å². The number of carbonyl (C=O) groups is 1. The molecular weight excluding hydrogens is 308 g/mol. The van der Waals surface area contributed by atoms with Gasteiger partial charge in [0.05, 0.1) is 5.25 Å². The number of anilines is 1. The van der Waals surface area contributed by atoms with Crippen molar-refractivity contribution < 1.29 is 4.79 Å².